The number of hydrogen-bond donors (Lipinski definition) is 1. The molecule has 2 heterocycles. The second-order valence-electron chi connectivity index (χ2n) is 5.82. The number of anilines is 1. The van der Waals surface area contributed by atoms with Crippen LogP contribution in [0.1, 0.15) is 11.1 Å². The first-order valence-electron chi connectivity index (χ1n) is 7.88. The summed E-state index contributed by atoms with van der Waals surface area (Å²) in [4.78, 5) is 28.4. The summed E-state index contributed by atoms with van der Waals surface area (Å²) in [5, 5.41) is 7.10. The van der Waals surface area contributed by atoms with E-state index in [1.807, 2.05) is 38.1 Å². The molecule has 25 heavy (non-hydrogen) atoms. The van der Waals surface area contributed by atoms with E-state index in [0.29, 0.717) is 5.69 Å². The van der Waals surface area contributed by atoms with Crippen molar-refractivity contribution in [1.82, 2.24) is 14.8 Å². The lowest BCUT2D eigenvalue weighted by Crippen LogP contribution is -2.29. The zero-order valence-electron chi connectivity index (χ0n) is 14.1. The minimum atomic E-state index is -0.330. The molecule has 1 amide bonds. The Bertz CT molecular complexity index is 965. The van der Waals surface area contributed by atoms with Crippen molar-refractivity contribution in [3.05, 3.63) is 76.3 Å². The number of carbonyl (C=O) groups excluding carboxylic acids is 1. The molecule has 126 valence electrons. The molecule has 0 aliphatic heterocycles. The summed E-state index contributed by atoms with van der Waals surface area (Å²) in [6.45, 7) is 3.72. The molecule has 1 N–H and O–H groups in total. The highest BCUT2D eigenvalue weighted by Crippen LogP contribution is 2.16. The van der Waals surface area contributed by atoms with Crippen molar-refractivity contribution in [1.29, 1.82) is 0 Å². The van der Waals surface area contributed by atoms with Crippen LogP contribution in [-0.4, -0.2) is 20.7 Å². The highest BCUT2D eigenvalue weighted by atomic mass is 16.2. The Labute approximate surface area is 145 Å². The molecule has 0 fully saturated rings. The summed E-state index contributed by atoms with van der Waals surface area (Å²) in [5.74, 6) is -0.299. The smallest absolute Gasteiger partial charge is 0.267 e. The molecule has 0 saturated carbocycles. The molecule has 0 aliphatic rings. The quantitative estimate of drug-likeness (QED) is 0.795. The lowest BCUT2D eigenvalue weighted by atomic mass is 10.1. The lowest BCUT2D eigenvalue weighted by Gasteiger charge is -2.10. The predicted octanol–water partition coefficient (Wildman–Crippen LogP) is 2.56. The Morgan fingerprint density at radius 3 is 2.76 bits per heavy atom. The van der Waals surface area contributed by atoms with Crippen molar-refractivity contribution in [2.75, 3.05) is 5.32 Å². The summed E-state index contributed by atoms with van der Waals surface area (Å²) >= 11 is 0. The highest BCUT2D eigenvalue weighted by Gasteiger charge is 2.10. The lowest BCUT2D eigenvalue weighted by molar-refractivity contribution is -0.117. The molecule has 0 bridgehead atoms. The molecule has 3 aromatic rings. The number of nitrogens with one attached hydrogen (secondary N) is 1. The average molecular weight is 334 g/mol. The second-order valence-corrected chi connectivity index (χ2v) is 5.82. The van der Waals surface area contributed by atoms with E-state index in [4.69, 9.17) is 0 Å². The Morgan fingerprint density at radius 1 is 1.16 bits per heavy atom. The van der Waals surface area contributed by atoms with Crippen LogP contribution in [0.4, 0.5) is 5.69 Å². The molecule has 0 aliphatic carbocycles. The molecule has 0 atom stereocenters. The Morgan fingerprint density at radius 2 is 2.00 bits per heavy atom. The fourth-order valence-corrected chi connectivity index (χ4v) is 2.43. The summed E-state index contributed by atoms with van der Waals surface area (Å²) in [7, 11) is 0. The van der Waals surface area contributed by atoms with Gasteiger partial charge in [-0.15, -0.1) is 0 Å². The number of amides is 1. The van der Waals surface area contributed by atoms with Gasteiger partial charge in [-0.25, -0.2) is 4.68 Å². The van der Waals surface area contributed by atoms with Crippen molar-refractivity contribution in [2.45, 2.75) is 20.4 Å². The minimum absolute atomic E-state index is 0.152. The molecule has 0 unspecified atom stereocenters. The molecule has 2 aromatic heterocycles. The van der Waals surface area contributed by atoms with E-state index in [1.54, 1.807) is 24.5 Å². The molecule has 0 spiro atoms. The van der Waals surface area contributed by atoms with Gasteiger partial charge in [0.25, 0.3) is 5.56 Å². The highest BCUT2D eigenvalue weighted by molar-refractivity contribution is 5.91. The number of benzene rings is 1. The first-order valence-corrected chi connectivity index (χ1v) is 7.88. The summed E-state index contributed by atoms with van der Waals surface area (Å²) in [6, 6.07) is 12.5. The van der Waals surface area contributed by atoms with Crippen molar-refractivity contribution < 1.29 is 4.79 Å². The first-order chi connectivity index (χ1) is 12.0. The van der Waals surface area contributed by atoms with Crippen LogP contribution in [0.15, 0.2) is 59.7 Å². The van der Waals surface area contributed by atoms with Crippen LogP contribution < -0.4 is 10.9 Å². The maximum Gasteiger partial charge on any atom is 0.267 e. The molecular formula is C19H18N4O2. The van der Waals surface area contributed by atoms with Gasteiger partial charge in [0.1, 0.15) is 6.54 Å². The monoisotopic (exact) mass is 334 g/mol. The van der Waals surface area contributed by atoms with Gasteiger partial charge in [-0.2, -0.15) is 5.10 Å². The molecule has 1 aromatic carbocycles. The van der Waals surface area contributed by atoms with Crippen LogP contribution in [0, 0.1) is 13.8 Å². The summed E-state index contributed by atoms with van der Waals surface area (Å²) in [6.07, 6.45) is 3.32. The largest absolute Gasteiger partial charge is 0.324 e. The summed E-state index contributed by atoms with van der Waals surface area (Å²) in [5.41, 5.74) is 3.79. The number of aryl methyl sites for hydroxylation is 2. The maximum atomic E-state index is 12.3. The van der Waals surface area contributed by atoms with Crippen LogP contribution >= 0.6 is 0 Å². The van der Waals surface area contributed by atoms with E-state index < -0.39 is 0 Å². The normalized spacial score (nSPS) is 10.5. The fraction of sp³-hybridized carbons (Fsp3) is 0.158. The number of carbonyl (C=O) groups is 1. The zero-order chi connectivity index (χ0) is 17.8. The molecule has 6 heteroatoms. The fourth-order valence-electron chi connectivity index (χ4n) is 2.43. The van der Waals surface area contributed by atoms with Gasteiger partial charge in [0.05, 0.1) is 5.69 Å². The number of hydrogen-bond acceptors (Lipinski definition) is 4. The number of pyridine rings is 1. The van der Waals surface area contributed by atoms with Crippen molar-refractivity contribution in [2.24, 2.45) is 0 Å². The average Bonchev–Trinajstić information content (AvgIpc) is 2.61. The third-order valence-electron chi connectivity index (χ3n) is 3.78. The minimum Gasteiger partial charge on any atom is -0.324 e. The van der Waals surface area contributed by atoms with Crippen molar-refractivity contribution in [3.63, 3.8) is 0 Å². The molecule has 0 saturated heterocycles. The van der Waals surface area contributed by atoms with Crippen LogP contribution in [0.5, 0.6) is 0 Å². The molecule has 0 radical (unpaired) electrons. The molecule has 3 rings (SSSR count). The standard InChI is InChI=1S/C19H18N4O2/c1-13-5-6-14(2)17(10-13)21-18(24)12-23-19(25)8-7-16(22-23)15-4-3-9-20-11-15/h3-11H,12H2,1-2H3,(H,21,24). The van der Waals surface area contributed by atoms with E-state index in [1.165, 1.54) is 6.07 Å². The van der Waals surface area contributed by atoms with Crippen molar-refractivity contribution >= 4 is 11.6 Å². The SMILES string of the molecule is Cc1ccc(C)c(NC(=O)Cn2nc(-c3cccnc3)ccc2=O)c1. The van der Waals surface area contributed by atoms with Crippen LogP contribution in [0.2, 0.25) is 0 Å². The Hall–Kier alpha value is -3.28. The van der Waals surface area contributed by atoms with Gasteiger partial charge >= 0.3 is 0 Å². The van der Waals surface area contributed by atoms with Gasteiger partial charge < -0.3 is 5.32 Å². The van der Waals surface area contributed by atoms with Gasteiger partial charge in [0, 0.05) is 29.7 Å². The van der Waals surface area contributed by atoms with Gasteiger partial charge in [-0.3, -0.25) is 14.6 Å². The molecule has 6 nitrogen and oxygen atoms in total. The Kier molecular flexibility index (Phi) is 4.70. The van der Waals surface area contributed by atoms with E-state index >= 15 is 0 Å². The topological polar surface area (TPSA) is 76.9 Å². The first kappa shape index (κ1) is 16.6. The van der Waals surface area contributed by atoms with E-state index in [0.717, 1.165) is 27.1 Å². The number of rotatable bonds is 4. The predicted molar refractivity (Wildman–Crippen MR) is 96.3 cm³/mol. The van der Waals surface area contributed by atoms with Gasteiger partial charge in [-0.1, -0.05) is 12.1 Å². The molecular weight excluding hydrogens is 316 g/mol. The van der Waals surface area contributed by atoms with Crippen LogP contribution in [0.25, 0.3) is 11.3 Å². The number of aromatic nitrogens is 3. The van der Waals surface area contributed by atoms with E-state index in [2.05, 4.69) is 15.4 Å². The summed E-state index contributed by atoms with van der Waals surface area (Å²) < 4.78 is 1.16. The third kappa shape index (κ3) is 3.98. The van der Waals surface area contributed by atoms with E-state index in [-0.39, 0.29) is 18.0 Å². The second kappa shape index (κ2) is 7.09. The van der Waals surface area contributed by atoms with E-state index in [9.17, 15) is 9.59 Å². The number of nitrogens with zero attached hydrogens (tertiary/aromatic N) is 3. The van der Waals surface area contributed by atoms with Crippen molar-refractivity contribution in [3.8, 4) is 11.3 Å². The van der Waals surface area contributed by atoms with Gasteiger partial charge in [-0.05, 0) is 49.2 Å². The van der Waals surface area contributed by atoms with Gasteiger partial charge in [0.2, 0.25) is 5.91 Å². The van der Waals surface area contributed by atoms with Crippen LogP contribution in [-0.2, 0) is 11.3 Å². The maximum absolute atomic E-state index is 12.3. The van der Waals surface area contributed by atoms with Gasteiger partial charge in [0.15, 0.2) is 0 Å². The zero-order valence-corrected chi connectivity index (χ0v) is 14.1. The Balaban J connectivity index is 1.81. The third-order valence-corrected chi connectivity index (χ3v) is 3.78. The van der Waals surface area contributed by atoms with Crippen LogP contribution in [0.3, 0.4) is 0 Å².